The Morgan fingerprint density at radius 2 is 2.46 bits per heavy atom. The van der Waals surface area contributed by atoms with Gasteiger partial charge in [-0.3, -0.25) is 0 Å². The molecule has 0 bridgehead atoms. The second kappa shape index (κ2) is 3.52. The van der Waals surface area contributed by atoms with E-state index < -0.39 is 0 Å². The summed E-state index contributed by atoms with van der Waals surface area (Å²) in [6, 6.07) is 2.33. The number of pyridine rings is 1. The zero-order valence-corrected chi connectivity index (χ0v) is 8.14. The van der Waals surface area contributed by atoms with Gasteiger partial charge in [0.15, 0.2) is 0 Å². The lowest BCUT2D eigenvalue weighted by Crippen LogP contribution is -2.34. The third kappa shape index (κ3) is 1.62. The molecule has 3 nitrogen and oxygen atoms in total. The van der Waals surface area contributed by atoms with E-state index in [1.165, 1.54) is 0 Å². The molecule has 0 radical (unpaired) electrons. The first-order valence-corrected chi connectivity index (χ1v) is 4.62. The van der Waals surface area contributed by atoms with E-state index >= 15 is 0 Å². The summed E-state index contributed by atoms with van der Waals surface area (Å²) in [5.41, 5.74) is 1.14. The first-order chi connectivity index (χ1) is 6.31. The van der Waals surface area contributed by atoms with Crippen molar-refractivity contribution in [1.29, 1.82) is 0 Å². The number of hydrogen-bond acceptors (Lipinski definition) is 3. The van der Waals surface area contributed by atoms with Crippen molar-refractivity contribution in [3.8, 4) is 5.88 Å². The van der Waals surface area contributed by atoms with Gasteiger partial charge in [-0.05, 0) is 24.6 Å². The fraction of sp³-hybridized carbons (Fsp3) is 0.444. The van der Waals surface area contributed by atoms with Crippen molar-refractivity contribution in [1.82, 2.24) is 10.3 Å². The molecule has 1 N–H and O–H groups in total. The Morgan fingerprint density at radius 1 is 1.69 bits per heavy atom. The van der Waals surface area contributed by atoms with Gasteiger partial charge in [-0.1, -0.05) is 11.6 Å². The maximum atomic E-state index is 5.94. The standard InChI is InChI=1S/C9H11ClN2O/c1-13-9-7(10)4-6(5-12-9)8-2-3-11-8/h4-5,8,11H,2-3H2,1H3. The number of nitrogens with zero attached hydrogens (tertiary/aromatic N) is 1. The summed E-state index contributed by atoms with van der Waals surface area (Å²) in [7, 11) is 1.56. The average molecular weight is 199 g/mol. The minimum atomic E-state index is 0.427. The zero-order valence-electron chi connectivity index (χ0n) is 7.38. The minimum Gasteiger partial charge on any atom is -0.480 e. The molecule has 1 fully saturated rings. The van der Waals surface area contributed by atoms with E-state index in [0.717, 1.165) is 18.5 Å². The summed E-state index contributed by atoms with van der Waals surface area (Å²) in [4.78, 5) is 4.11. The van der Waals surface area contributed by atoms with E-state index in [1.54, 1.807) is 7.11 Å². The molecular weight excluding hydrogens is 188 g/mol. The topological polar surface area (TPSA) is 34.1 Å². The van der Waals surface area contributed by atoms with Crippen LogP contribution < -0.4 is 10.1 Å². The van der Waals surface area contributed by atoms with Gasteiger partial charge in [0.05, 0.1) is 7.11 Å². The quantitative estimate of drug-likeness (QED) is 0.787. The first-order valence-electron chi connectivity index (χ1n) is 4.24. The van der Waals surface area contributed by atoms with Crippen LogP contribution in [-0.4, -0.2) is 18.6 Å². The Kier molecular flexibility index (Phi) is 2.38. The highest BCUT2D eigenvalue weighted by Gasteiger charge is 2.19. The Balaban J connectivity index is 2.24. The Hall–Kier alpha value is -0.800. The molecule has 1 aliphatic heterocycles. The zero-order chi connectivity index (χ0) is 9.26. The van der Waals surface area contributed by atoms with E-state index in [1.807, 2.05) is 12.3 Å². The lowest BCUT2D eigenvalue weighted by Gasteiger charge is -2.27. The first kappa shape index (κ1) is 8.78. The third-order valence-corrected chi connectivity index (χ3v) is 2.52. The summed E-state index contributed by atoms with van der Waals surface area (Å²) in [5, 5.41) is 3.86. The Bertz CT molecular complexity index is 312. The van der Waals surface area contributed by atoms with Gasteiger partial charge < -0.3 is 10.1 Å². The minimum absolute atomic E-state index is 0.427. The monoisotopic (exact) mass is 198 g/mol. The van der Waals surface area contributed by atoms with Crippen molar-refractivity contribution in [3.05, 3.63) is 22.8 Å². The normalized spacial score (nSPS) is 20.9. The summed E-state index contributed by atoms with van der Waals surface area (Å²) in [6.07, 6.45) is 2.96. The molecule has 1 unspecified atom stereocenters. The molecule has 1 aromatic rings. The second-order valence-electron chi connectivity index (χ2n) is 3.06. The average Bonchev–Trinajstić information content (AvgIpc) is 2.01. The van der Waals surface area contributed by atoms with Crippen LogP contribution in [0.15, 0.2) is 12.3 Å². The summed E-state index contributed by atoms with van der Waals surface area (Å²) >= 11 is 5.94. The molecule has 1 saturated heterocycles. The van der Waals surface area contributed by atoms with E-state index in [9.17, 15) is 0 Å². The highest BCUT2D eigenvalue weighted by Crippen LogP contribution is 2.28. The second-order valence-corrected chi connectivity index (χ2v) is 3.46. The van der Waals surface area contributed by atoms with Gasteiger partial charge in [0.25, 0.3) is 0 Å². The van der Waals surface area contributed by atoms with Gasteiger partial charge >= 0.3 is 0 Å². The molecule has 70 valence electrons. The van der Waals surface area contributed by atoms with Crippen molar-refractivity contribution in [2.24, 2.45) is 0 Å². The maximum absolute atomic E-state index is 5.94. The van der Waals surface area contributed by atoms with Gasteiger partial charge in [-0.2, -0.15) is 0 Å². The van der Waals surface area contributed by atoms with E-state index in [2.05, 4.69) is 10.3 Å². The molecule has 2 heterocycles. The maximum Gasteiger partial charge on any atom is 0.232 e. The fourth-order valence-corrected chi connectivity index (χ4v) is 1.61. The van der Waals surface area contributed by atoms with Crippen LogP contribution in [0, 0.1) is 0 Å². The number of ether oxygens (including phenoxy) is 1. The van der Waals surface area contributed by atoms with Crippen LogP contribution in [0.5, 0.6) is 5.88 Å². The van der Waals surface area contributed by atoms with Crippen molar-refractivity contribution >= 4 is 11.6 Å². The number of nitrogens with one attached hydrogen (secondary N) is 1. The molecule has 1 atom stereocenters. The predicted molar refractivity (Wildman–Crippen MR) is 51.2 cm³/mol. The van der Waals surface area contributed by atoms with Crippen LogP contribution in [0.4, 0.5) is 0 Å². The third-order valence-electron chi connectivity index (χ3n) is 2.25. The summed E-state index contributed by atoms with van der Waals surface area (Å²) in [6.45, 7) is 1.08. The number of aromatic nitrogens is 1. The van der Waals surface area contributed by atoms with Crippen LogP contribution in [0.2, 0.25) is 5.02 Å². The van der Waals surface area contributed by atoms with Gasteiger partial charge in [-0.15, -0.1) is 0 Å². The Labute approximate surface area is 82.1 Å². The lowest BCUT2D eigenvalue weighted by molar-refractivity contribution is 0.377. The highest BCUT2D eigenvalue weighted by molar-refractivity contribution is 6.31. The van der Waals surface area contributed by atoms with Crippen molar-refractivity contribution in [2.45, 2.75) is 12.5 Å². The van der Waals surface area contributed by atoms with Gasteiger partial charge in [0.1, 0.15) is 5.02 Å². The van der Waals surface area contributed by atoms with Crippen LogP contribution in [-0.2, 0) is 0 Å². The molecule has 1 aromatic heterocycles. The van der Waals surface area contributed by atoms with Crippen LogP contribution >= 0.6 is 11.6 Å². The fourth-order valence-electron chi connectivity index (χ4n) is 1.35. The highest BCUT2D eigenvalue weighted by atomic mass is 35.5. The molecule has 0 aromatic carbocycles. The molecule has 0 spiro atoms. The van der Waals surface area contributed by atoms with Crippen molar-refractivity contribution in [3.63, 3.8) is 0 Å². The smallest absolute Gasteiger partial charge is 0.232 e. The SMILES string of the molecule is COc1ncc(C2CCN2)cc1Cl. The largest absolute Gasteiger partial charge is 0.480 e. The number of hydrogen-bond donors (Lipinski definition) is 1. The lowest BCUT2D eigenvalue weighted by atomic mass is 10.00. The van der Waals surface area contributed by atoms with Crippen LogP contribution in [0.1, 0.15) is 18.0 Å². The van der Waals surface area contributed by atoms with Gasteiger partial charge in [0, 0.05) is 12.2 Å². The molecule has 1 aliphatic rings. The summed E-state index contributed by atoms with van der Waals surface area (Å²) in [5.74, 6) is 0.491. The molecule has 0 aliphatic carbocycles. The summed E-state index contributed by atoms with van der Waals surface area (Å²) < 4.78 is 4.97. The molecular formula is C9H11ClN2O. The Morgan fingerprint density at radius 3 is 2.92 bits per heavy atom. The molecule has 0 amide bonds. The van der Waals surface area contributed by atoms with E-state index in [4.69, 9.17) is 16.3 Å². The van der Waals surface area contributed by atoms with E-state index in [0.29, 0.717) is 16.9 Å². The van der Waals surface area contributed by atoms with E-state index in [-0.39, 0.29) is 0 Å². The number of methoxy groups -OCH3 is 1. The van der Waals surface area contributed by atoms with Gasteiger partial charge in [-0.25, -0.2) is 4.98 Å². The van der Waals surface area contributed by atoms with Gasteiger partial charge in [0.2, 0.25) is 5.88 Å². The van der Waals surface area contributed by atoms with Crippen LogP contribution in [0.25, 0.3) is 0 Å². The molecule has 2 rings (SSSR count). The number of halogens is 1. The predicted octanol–water partition coefficient (Wildman–Crippen LogP) is 1.78. The molecule has 4 heteroatoms. The van der Waals surface area contributed by atoms with Crippen molar-refractivity contribution in [2.75, 3.05) is 13.7 Å². The van der Waals surface area contributed by atoms with Crippen molar-refractivity contribution < 1.29 is 4.74 Å². The van der Waals surface area contributed by atoms with Crippen LogP contribution in [0.3, 0.4) is 0 Å². The number of rotatable bonds is 2. The molecule has 13 heavy (non-hydrogen) atoms. The molecule has 0 saturated carbocycles.